The van der Waals surface area contributed by atoms with Crippen LogP contribution in [0, 0.1) is 5.92 Å². The fourth-order valence-corrected chi connectivity index (χ4v) is 2.42. The lowest BCUT2D eigenvalue weighted by molar-refractivity contribution is 0.285. The van der Waals surface area contributed by atoms with Gasteiger partial charge in [-0.2, -0.15) is 0 Å². The maximum absolute atomic E-state index is 3.77. The lowest BCUT2D eigenvalue weighted by Gasteiger charge is -2.29. The third-order valence-electron chi connectivity index (χ3n) is 3.53. The second-order valence-electron chi connectivity index (χ2n) is 5.17. The zero-order valence-electron chi connectivity index (χ0n) is 10.2. The highest BCUT2D eigenvalue weighted by atomic mass is 14.9. The van der Waals surface area contributed by atoms with Crippen molar-refractivity contribution in [2.45, 2.75) is 77.8 Å². The van der Waals surface area contributed by atoms with Crippen LogP contribution in [-0.4, -0.2) is 12.1 Å². The second kappa shape index (κ2) is 6.44. The summed E-state index contributed by atoms with van der Waals surface area (Å²) in [5.41, 5.74) is 0. The summed E-state index contributed by atoms with van der Waals surface area (Å²) in [6.07, 6.45) is 9.71. The van der Waals surface area contributed by atoms with E-state index in [0.717, 1.165) is 18.0 Å². The Labute approximate surface area is 89.7 Å². The van der Waals surface area contributed by atoms with Crippen molar-refractivity contribution in [3.63, 3.8) is 0 Å². The maximum atomic E-state index is 3.77. The highest BCUT2D eigenvalue weighted by molar-refractivity contribution is 4.77. The lowest BCUT2D eigenvalue weighted by Crippen LogP contribution is -2.38. The lowest BCUT2D eigenvalue weighted by atomic mass is 9.87. The molecule has 1 aliphatic carbocycles. The molecule has 1 fully saturated rings. The molecule has 84 valence electrons. The van der Waals surface area contributed by atoms with Crippen LogP contribution in [0.1, 0.15) is 65.7 Å². The van der Waals surface area contributed by atoms with Gasteiger partial charge in [-0.3, -0.25) is 0 Å². The van der Waals surface area contributed by atoms with Gasteiger partial charge in [0.2, 0.25) is 0 Å². The highest BCUT2D eigenvalue weighted by Gasteiger charge is 2.18. The zero-order valence-corrected chi connectivity index (χ0v) is 10.2. The molecule has 0 radical (unpaired) electrons. The molecule has 14 heavy (non-hydrogen) atoms. The Hall–Kier alpha value is -0.0400. The van der Waals surface area contributed by atoms with E-state index in [1.54, 1.807) is 0 Å². The minimum atomic E-state index is 0.730. The predicted molar refractivity (Wildman–Crippen MR) is 63.5 cm³/mol. The molecule has 1 N–H and O–H groups in total. The summed E-state index contributed by atoms with van der Waals surface area (Å²) in [6.45, 7) is 7.00. The highest BCUT2D eigenvalue weighted by Crippen LogP contribution is 2.23. The van der Waals surface area contributed by atoms with E-state index in [4.69, 9.17) is 0 Å². The molecule has 0 aliphatic heterocycles. The van der Waals surface area contributed by atoms with Crippen LogP contribution in [0.15, 0.2) is 0 Å². The van der Waals surface area contributed by atoms with Crippen molar-refractivity contribution in [3.8, 4) is 0 Å². The molecule has 0 aromatic rings. The number of nitrogens with one attached hydrogen (secondary N) is 1. The van der Waals surface area contributed by atoms with E-state index in [2.05, 4.69) is 26.1 Å². The third-order valence-corrected chi connectivity index (χ3v) is 3.53. The van der Waals surface area contributed by atoms with E-state index in [9.17, 15) is 0 Å². The predicted octanol–water partition coefficient (Wildman–Crippen LogP) is 3.73. The number of hydrogen-bond donors (Lipinski definition) is 1. The molecule has 1 atom stereocenters. The van der Waals surface area contributed by atoms with Gasteiger partial charge in [0.05, 0.1) is 0 Å². The van der Waals surface area contributed by atoms with Gasteiger partial charge in [-0.1, -0.05) is 26.7 Å². The molecule has 0 saturated heterocycles. The van der Waals surface area contributed by atoms with Gasteiger partial charge in [-0.15, -0.1) is 0 Å². The van der Waals surface area contributed by atoms with Crippen molar-refractivity contribution in [1.29, 1.82) is 0 Å². The van der Waals surface area contributed by atoms with E-state index in [0.29, 0.717) is 0 Å². The third kappa shape index (κ3) is 4.45. The molecular formula is C13H27N. The molecule has 0 amide bonds. The first kappa shape index (κ1) is 12.0. The average molecular weight is 197 g/mol. The van der Waals surface area contributed by atoms with Gasteiger partial charge in [0, 0.05) is 12.1 Å². The van der Waals surface area contributed by atoms with Crippen molar-refractivity contribution in [2.75, 3.05) is 0 Å². The fraction of sp³-hybridized carbons (Fsp3) is 1.00. The summed E-state index contributed by atoms with van der Waals surface area (Å²) in [5.74, 6) is 0.971. The minimum Gasteiger partial charge on any atom is -0.312 e. The standard InChI is InChI=1S/C13H27N/c1-4-5-6-12(3)14-13-9-7-11(2)8-10-13/h11-14H,4-10H2,1-3H3. The smallest absolute Gasteiger partial charge is 0.00697 e. The van der Waals surface area contributed by atoms with Gasteiger partial charge in [0.25, 0.3) is 0 Å². The van der Waals surface area contributed by atoms with E-state index in [1.807, 2.05) is 0 Å². The molecule has 1 saturated carbocycles. The van der Waals surface area contributed by atoms with E-state index in [1.165, 1.54) is 44.9 Å². The number of hydrogen-bond acceptors (Lipinski definition) is 1. The number of unbranched alkanes of at least 4 members (excludes halogenated alkanes) is 1. The van der Waals surface area contributed by atoms with Crippen molar-refractivity contribution >= 4 is 0 Å². The van der Waals surface area contributed by atoms with E-state index < -0.39 is 0 Å². The van der Waals surface area contributed by atoms with Crippen LogP contribution in [0.5, 0.6) is 0 Å². The Morgan fingerprint density at radius 1 is 1.21 bits per heavy atom. The summed E-state index contributed by atoms with van der Waals surface area (Å²) in [6, 6.07) is 1.55. The minimum absolute atomic E-state index is 0.730. The first-order valence-corrected chi connectivity index (χ1v) is 6.48. The van der Waals surface area contributed by atoms with Crippen LogP contribution >= 0.6 is 0 Å². The summed E-state index contributed by atoms with van der Waals surface area (Å²) >= 11 is 0. The Morgan fingerprint density at radius 2 is 1.86 bits per heavy atom. The van der Waals surface area contributed by atoms with Gasteiger partial charge in [0.1, 0.15) is 0 Å². The quantitative estimate of drug-likeness (QED) is 0.708. The fourth-order valence-electron chi connectivity index (χ4n) is 2.42. The molecule has 1 rings (SSSR count). The molecular weight excluding hydrogens is 170 g/mol. The van der Waals surface area contributed by atoms with Crippen molar-refractivity contribution in [3.05, 3.63) is 0 Å². The molecule has 0 aromatic heterocycles. The molecule has 0 heterocycles. The summed E-state index contributed by atoms with van der Waals surface area (Å²) in [7, 11) is 0. The summed E-state index contributed by atoms with van der Waals surface area (Å²) in [5, 5.41) is 3.77. The average Bonchev–Trinajstić information content (AvgIpc) is 2.18. The van der Waals surface area contributed by atoms with Crippen molar-refractivity contribution in [1.82, 2.24) is 5.32 Å². The zero-order chi connectivity index (χ0) is 10.4. The summed E-state index contributed by atoms with van der Waals surface area (Å²) in [4.78, 5) is 0. The molecule has 1 aliphatic rings. The molecule has 0 spiro atoms. The normalized spacial score (nSPS) is 30.2. The van der Waals surface area contributed by atoms with Gasteiger partial charge in [0.15, 0.2) is 0 Å². The summed E-state index contributed by atoms with van der Waals surface area (Å²) < 4.78 is 0. The first-order valence-electron chi connectivity index (χ1n) is 6.48. The van der Waals surface area contributed by atoms with Crippen LogP contribution < -0.4 is 5.32 Å². The largest absolute Gasteiger partial charge is 0.312 e. The maximum Gasteiger partial charge on any atom is 0.00697 e. The van der Waals surface area contributed by atoms with Crippen LogP contribution in [0.25, 0.3) is 0 Å². The van der Waals surface area contributed by atoms with Crippen LogP contribution in [0.4, 0.5) is 0 Å². The van der Waals surface area contributed by atoms with Crippen LogP contribution in [-0.2, 0) is 0 Å². The molecule has 0 bridgehead atoms. The second-order valence-corrected chi connectivity index (χ2v) is 5.17. The molecule has 1 heteroatoms. The Balaban J connectivity index is 2.10. The van der Waals surface area contributed by atoms with Gasteiger partial charge in [-0.05, 0) is 44.9 Å². The molecule has 0 aromatic carbocycles. The topological polar surface area (TPSA) is 12.0 Å². The molecule has 1 nitrogen and oxygen atoms in total. The Kier molecular flexibility index (Phi) is 5.54. The van der Waals surface area contributed by atoms with Gasteiger partial charge < -0.3 is 5.32 Å². The van der Waals surface area contributed by atoms with Crippen LogP contribution in [0.3, 0.4) is 0 Å². The van der Waals surface area contributed by atoms with Crippen molar-refractivity contribution < 1.29 is 0 Å². The van der Waals surface area contributed by atoms with Crippen molar-refractivity contribution in [2.24, 2.45) is 5.92 Å². The Morgan fingerprint density at radius 3 is 2.43 bits per heavy atom. The van der Waals surface area contributed by atoms with E-state index >= 15 is 0 Å². The Bertz CT molecular complexity index is 136. The van der Waals surface area contributed by atoms with Gasteiger partial charge in [-0.25, -0.2) is 0 Å². The SMILES string of the molecule is CCCCC(C)NC1CCC(C)CC1. The molecule has 1 unspecified atom stereocenters. The van der Waals surface area contributed by atoms with Crippen LogP contribution in [0.2, 0.25) is 0 Å². The number of rotatable bonds is 5. The van der Waals surface area contributed by atoms with Gasteiger partial charge >= 0.3 is 0 Å². The van der Waals surface area contributed by atoms with E-state index in [-0.39, 0.29) is 0 Å². The first-order chi connectivity index (χ1) is 6.72. The monoisotopic (exact) mass is 197 g/mol.